The summed E-state index contributed by atoms with van der Waals surface area (Å²) in [5.41, 5.74) is 3.29. The molecule has 0 saturated heterocycles. The fraction of sp³-hybridized carbons (Fsp3) is 0.150. The van der Waals surface area contributed by atoms with E-state index in [-0.39, 0.29) is 0 Å². The highest BCUT2D eigenvalue weighted by atomic mass is 16.4. The van der Waals surface area contributed by atoms with Crippen molar-refractivity contribution in [1.82, 2.24) is 0 Å². The third kappa shape index (κ3) is 1.42. The van der Waals surface area contributed by atoms with Crippen LogP contribution in [0.4, 0.5) is 0 Å². The molecule has 1 N–H and O–H groups in total. The van der Waals surface area contributed by atoms with Crippen molar-refractivity contribution in [2.75, 3.05) is 0 Å². The molecule has 4 aromatic carbocycles. The first-order valence-corrected chi connectivity index (χ1v) is 7.77. The van der Waals surface area contributed by atoms with E-state index in [0.717, 1.165) is 30.5 Å². The lowest BCUT2D eigenvalue weighted by Crippen LogP contribution is -2.12. The summed E-state index contributed by atoms with van der Waals surface area (Å²) in [6.07, 6.45) is 2.97. The maximum atomic E-state index is 9.33. The molecule has 0 saturated carbocycles. The molecule has 22 heavy (non-hydrogen) atoms. The Morgan fingerprint density at radius 2 is 1.59 bits per heavy atom. The van der Waals surface area contributed by atoms with E-state index in [4.69, 9.17) is 0 Å². The van der Waals surface area contributed by atoms with Crippen LogP contribution in [0.25, 0.3) is 32.3 Å². The van der Waals surface area contributed by atoms with Crippen molar-refractivity contribution in [3.63, 3.8) is 0 Å². The van der Waals surface area contributed by atoms with Crippen molar-refractivity contribution < 1.29 is 5.21 Å². The van der Waals surface area contributed by atoms with Crippen molar-refractivity contribution in [2.24, 2.45) is 5.16 Å². The second-order valence-corrected chi connectivity index (χ2v) is 6.16. The maximum Gasteiger partial charge on any atom is 0.0871 e. The number of rotatable bonds is 0. The van der Waals surface area contributed by atoms with Crippen LogP contribution in [0.3, 0.4) is 0 Å². The Labute approximate surface area is 128 Å². The molecule has 2 heteroatoms. The van der Waals surface area contributed by atoms with Crippen LogP contribution in [0, 0.1) is 0 Å². The molecular weight excluding hydrogens is 270 g/mol. The van der Waals surface area contributed by atoms with E-state index in [0.29, 0.717) is 0 Å². The minimum Gasteiger partial charge on any atom is -0.411 e. The molecule has 5 rings (SSSR count). The minimum absolute atomic E-state index is 0.826. The summed E-state index contributed by atoms with van der Waals surface area (Å²) in [6, 6.07) is 17.5. The van der Waals surface area contributed by atoms with Crippen molar-refractivity contribution in [2.45, 2.75) is 19.3 Å². The van der Waals surface area contributed by atoms with Gasteiger partial charge in [-0.3, -0.25) is 0 Å². The number of hydrogen-bond donors (Lipinski definition) is 1. The Kier molecular flexibility index (Phi) is 2.29. The number of nitrogens with zero attached hydrogens (tertiary/aromatic N) is 1. The highest BCUT2D eigenvalue weighted by molar-refractivity contribution is 6.25. The van der Waals surface area contributed by atoms with Crippen LogP contribution in [0.2, 0.25) is 0 Å². The molecule has 0 unspecified atom stereocenters. The Bertz CT molecular complexity index is 1050. The summed E-state index contributed by atoms with van der Waals surface area (Å²) in [6.45, 7) is 0. The first-order chi connectivity index (χ1) is 10.9. The van der Waals surface area contributed by atoms with Gasteiger partial charge in [-0.1, -0.05) is 47.6 Å². The van der Waals surface area contributed by atoms with Gasteiger partial charge in [0.2, 0.25) is 0 Å². The number of aryl methyl sites for hydroxylation is 1. The molecule has 2 nitrogen and oxygen atoms in total. The average Bonchev–Trinajstić information content (AvgIpc) is 2.58. The van der Waals surface area contributed by atoms with Gasteiger partial charge in [0.1, 0.15) is 0 Å². The molecule has 4 aromatic rings. The summed E-state index contributed by atoms with van der Waals surface area (Å²) in [7, 11) is 0. The van der Waals surface area contributed by atoms with Crippen LogP contribution in [-0.2, 0) is 6.42 Å². The third-order valence-corrected chi connectivity index (χ3v) is 5.03. The molecule has 0 fully saturated rings. The van der Waals surface area contributed by atoms with Crippen LogP contribution < -0.4 is 0 Å². The number of fused-ring (bicyclic) bond motifs is 2. The summed E-state index contributed by atoms with van der Waals surface area (Å²) in [4.78, 5) is 0. The van der Waals surface area contributed by atoms with Gasteiger partial charge in [-0.25, -0.2) is 0 Å². The molecule has 0 aliphatic heterocycles. The van der Waals surface area contributed by atoms with E-state index in [1.54, 1.807) is 0 Å². The Hall–Kier alpha value is -2.61. The molecule has 1 aliphatic rings. The Morgan fingerprint density at radius 1 is 0.818 bits per heavy atom. The number of hydrogen-bond acceptors (Lipinski definition) is 2. The highest BCUT2D eigenvalue weighted by Gasteiger charge is 2.21. The second-order valence-electron chi connectivity index (χ2n) is 6.16. The summed E-state index contributed by atoms with van der Waals surface area (Å²) in [5.74, 6) is 0. The largest absolute Gasteiger partial charge is 0.411 e. The van der Waals surface area contributed by atoms with Gasteiger partial charge in [0, 0.05) is 5.56 Å². The molecule has 0 atom stereocenters. The fourth-order valence-corrected chi connectivity index (χ4v) is 4.07. The highest BCUT2D eigenvalue weighted by Crippen LogP contribution is 2.39. The summed E-state index contributed by atoms with van der Waals surface area (Å²) >= 11 is 0. The standard InChI is InChI=1S/C20H15NO/c22-21-18-6-2-5-15-16-10-9-13-4-1-3-12-7-8-14(11-17(15)18)20(16)19(12)13/h1,3-4,7-11,22H,2,5-6H2/b21-18-. The summed E-state index contributed by atoms with van der Waals surface area (Å²) < 4.78 is 0. The quantitative estimate of drug-likeness (QED) is 0.272. The maximum absolute atomic E-state index is 9.33. The Morgan fingerprint density at radius 3 is 2.41 bits per heavy atom. The molecule has 0 spiro atoms. The lowest BCUT2D eigenvalue weighted by Gasteiger charge is -2.21. The van der Waals surface area contributed by atoms with Gasteiger partial charge < -0.3 is 5.21 Å². The molecular formula is C20H15NO. The topological polar surface area (TPSA) is 32.6 Å². The van der Waals surface area contributed by atoms with Gasteiger partial charge in [0.25, 0.3) is 0 Å². The molecule has 0 bridgehead atoms. The smallest absolute Gasteiger partial charge is 0.0871 e. The van der Waals surface area contributed by atoms with E-state index in [1.165, 1.54) is 37.9 Å². The summed E-state index contributed by atoms with van der Waals surface area (Å²) in [5, 5.41) is 20.7. The van der Waals surface area contributed by atoms with Crippen LogP contribution in [0.15, 0.2) is 53.7 Å². The molecule has 1 aliphatic carbocycles. The zero-order valence-electron chi connectivity index (χ0n) is 12.1. The molecule has 0 aromatic heterocycles. The van der Waals surface area contributed by atoms with E-state index in [1.807, 2.05) is 0 Å². The average molecular weight is 285 g/mol. The second kappa shape index (κ2) is 4.20. The molecule has 0 radical (unpaired) electrons. The number of benzene rings is 4. The van der Waals surface area contributed by atoms with Crippen LogP contribution in [-0.4, -0.2) is 10.9 Å². The van der Waals surface area contributed by atoms with Crippen molar-refractivity contribution >= 4 is 38.0 Å². The third-order valence-electron chi connectivity index (χ3n) is 5.03. The normalized spacial score (nSPS) is 16.8. The van der Waals surface area contributed by atoms with Gasteiger partial charge in [0.15, 0.2) is 0 Å². The van der Waals surface area contributed by atoms with Crippen molar-refractivity contribution in [3.8, 4) is 0 Å². The van der Waals surface area contributed by atoms with Gasteiger partial charge in [-0.05, 0) is 63.2 Å². The molecule has 0 amide bonds. The van der Waals surface area contributed by atoms with Crippen LogP contribution >= 0.6 is 0 Å². The monoisotopic (exact) mass is 285 g/mol. The lowest BCUT2D eigenvalue weighted by molar-refractivity contribution is 0.317. The van der Waals surface area contributed by atoms with E-state index < -0.39 is 0 Å². The van der Waals surface area contributed by atoms with Crippen LogP contribution in [0.1, 0.15) is 24.0 Å². The number of oxime groups is 1. The Balaban J connectivity index is 2.06. The zero-order chi connectivity index (χ0) is 14.7. The lowest BCUT2D eigenvalue weighted by atomic mass is 9.83. The van der Waals surface area contributed by atoms with Crippen molar-refractivity contribution in [3.05, 3.63) is 59.7 Å². The van der Waals surface area contributed by atoms with Gasteiger partial charge >= 0.3 is 0 Å². The van der Waals surface area contributed by atoms with Gasteiger partial charge in [0.05, 0.1) is 5.71 Å². The van der Waals surface area contributed by atoms with Crippen molar-refractivity contribution in [1.29, 1.82) is 0 Å². The first kappa shape index (κ1) is 12.0. The fourth-order valence-electron chi connectivity index (χ4n) is 4.07. The van der Waals surface area contributed by atoms with E-state index >= 15 is 0 Å². The van der Waals surface area contributed by atoms with Crippen LogP contribution in [0.5, 0.6) is 0 Å². The van der Waals surface area contributed by atoms with Gasteiger partial charge in [-0.2, -0.15) is 0 Å². The molecule has 106 valence electrons. The SMILES string of the molecule is O/N=C1/CCCc2c1cc1ccc3cccc4ccc2c1c34. The minimum atomic E-state index is 0.826. The predicted octanol–water partition coefficient (Wildman–Crippen LogP) is 5.10. The van der Waals surface area contributed by atoms with E-state index in [2.05, 4.69) is 53.7 Å². The molecule has 0 heterocycles. The first-order valence-electron chi connectivity index (χ1n) is 7.77. The van der Waals surface area contributed by atoms with E-state index in [9.17, 15) is 5.21 Å². The zero-order valence-corrected chi connectivity index (χ0v) is 12.1. The van der Waals surface area contributed by atoms with Gasteiger partial charge in [-0.15, -0.1) is 0 Å². The predicted molar refractivity (Wildman–Crippen MR) is 91.4 cm³/mol.